The van der Waals surface area contributed by atoms with Gasteiger partial charge in [-0.15, -0.1) is 0 Å². The fourth-order valence-electron chi connectivity index (χ4n) is 2.82. The predicted octanol–water partition coefficient (Wildman–Crippen LogP) is 4.66. The second-order valence-electron chi connectivity index (χ2n) is 6.06. The summed E-state index contributed by atoms with van der Waals surface area (Å²) in [5.74, 6) is 0. The van der Waals surface area contributed by atoms with Gasteiger partial charge < -0.3 is 0 Å². The van der Waals surface area contributed by atoms with Gasteiger partial charge in [-0.05, 0) is 32.0 Å². The summed E-state index contributed by atoms with van der Waals surface area (Å²) >= 11 is 6.01. The monoisotopic (exact) mass is 369 g/mol. The lowest BCUT2D eigenvalue weighted by atomic mass is 10.1. The van der Waals surface area contributed by atoms with E-state index in [9.17, 15) is 18.0 Å². The second-order valence-corrected chi connectivity index (χ2v) is 6.47. The number of halogens is 4. The number of alkyl halides is 3. The van der Waals surface area contributed by atoms with Crippen molar-refractivity contribution in [3.63, 3.8) is 0 Å². The van der Waals surface area contributed by atoms with Crippen molar-refractivity contribution in [1.29, 1.82) is 0 Å². The Morgan fingerprint density at radius 2 is 1.84 bits per heavy atom. The third-order valence-electron chi connectivity index (χ3n) is 4.05. The van der Waals surface area contributed by atoms with Crippen LogP contribution in [-0.2, 0) is 13.2 Å². The summed E-state index contributed by atoms with van der Waals surface area (Å²) in [6.45, 7) is 3.81. The molecule has 0 N–H and O–H groups in total. The summed E-state index contributed by atoms with van der Waals surface area (Å²) < 4.78 is 41.4. The van der Waals surface area contributed by atoms with Gasteiger partial charge in [-0.3, -0.25) is 14.1 Å². The molecule has 0 aliphatic carbocycles. The van der Waals surface area contributed by atoms with Crippen LogP contribution in [-0.4, -0.2) is 14.1 Å². The molecule has 0 saturated heterocycles. The number of pyridine rings is 1. The Kier molecular flexibility index (Phi) is 4.15. The van der Waals surface area contributed by atoms with Crippen molar-refractivity contribution in [2.45, 2.75) is 26.1 Å². The third-order valence-corrected chi connectivity index (χ3v) is 4.34. The molecule has 0 bridgehead atoms. The number of imidazole rings is 1. The minimum Gasteiger partial charge on any atom is -0.295 e. The highest BCUT2D eigenvalue weighted by Crippen LogP contribution is 2.34. The molecule has 2 heterocycles. The molecular weight excluding hydrogens is 355 g/mol. The fourth-order valence-corrected chi connectivity index (χ4v) is 3.09. The lowest BCUT2D eigenvalue weighted by molar-refractivity contribution is -0.137. The minimum atomic E-state index is -4.50. The predicted molar refractivity (Wildman–Crippen MR) is 90.8 cm³/mol. The van der Waals surface area contributed by atoms with Gasteiger partial charge >= 0.3 is 11.9 Å². The van der Waals surface area contributed by atoms with E-state index >= 15 is 0 Å². The van der Waals surface area contributed by atoms with Crippen molar-refractivity contribution in [3.8, 4) is 11.3 Å². The Morgan fingerprint density at radius 1 is 1.16 bits per heavy atom. The van der Waals surface area contributed by atoms with Crippen molar-refractivity contribution in [1.82, 2.24) is 14.1 Å². The van der Waals surface area contributed by atoms with E-state index in [1.54, 1.807) is 29.8 Å². The molecule has 0 atom stereocenters. The highest BCUT2D eigenvalue weighted by atomic mass is 35.5. The van der Waals surface area contributed by atoms with Crippen LogP contribution in [0.2, 0.25) is 5.02 Å². The molecule has 0 aliphatic rings. The Balaban J connectivity index is 2.18. The zero-order valence-electron chi connectivity index (χ0n) is 13.7. The van der Waals surface area contributed by atoms with E-state index in [1.807, 2.05) is 13.8 Å². The fraction of sp³-hybridized carbons (Fsp3) is 0.294. The molecule has 3 aromatic rings. The number of aromatic nitrogens is 3. The molecule has 25 heavy (non-hydrogen) atoms. The van der Waals surface area contributed by atoms with Gasteiger partial charge in [0.05, 0.1) is 27.3 Å². The maximum absolute atomic E-state index is 12.7. The highest BCUT2D eigenvalue weighted by Gasteiger charge is 2.31. The number of hydrogen-bond donors (Lipinski definition) is 0. The summed E-state index contributed by atoms with van der Waals surface area (Å²) in [4.78, 5) is 16.2. The lowest BCUT2D eigenvalue weighted by Crippen LogP contribution is -2.23. The van der Waals surface area contributed by atoms with Crippen LogP contribution in [0.1, 0.15) is 25.5 Å². The first kappa shape index (κ1) is 17.5. The number of fused-ring (bicyclic) bond motifs is 1. The van der Waals surface area contributed by atoms with Crippen molar-refractivity contribution in [2.24, 2.45) is 7.05 Å². The highest BCUT2D eigenvalue weighted by molar-refractivity contribution is 6.33. The van der Waals surface area contributed by atoms with Crippen LogP contribution in [0.4, 0.5) is 13.2 Å². The average Bonchev–Trinajstić information content (AvgIpc) is 2.77. The largest absolute Gasteiger partial charge is 0.417 e. The number of aryl methyl sites for hydroxylation is 1. The number of benzene rings is 1. The molecule has 4 nitrogen and oxygen atoms in total. The van der Waals surface area contributed by atoms with Gasteiger partial charge in [-0.25, -0.2) is 4.79 Å². The quantitative estimate of drug-likeness (QED) is 0.659. The Labute approximate surface area is 146 Å². The summed E-state index contributed by atoms with van der Waals surface area (Å²) in [6.07, 6.45) is -3.75. The van der Waals surface area contributed by atoms with Crippen LogP contribution in [0.3, 0.4) is 0 Å². The van der Waals surface area contributed by atoms with E-state index < -0.39 is 11.7 Å². The lowest BCUT2D eigenvalue weighted by Gasteiger charge is -2.10. The van der Waals surface area contributed by atoms with E-state index in [0.29, 0.717) is 11.1 Å². The van der Waals surface area contributed by atoms with Crippen molar-refractivity contribution in [3.05, 3.63) is 51.5 Å². The molecule has 0 unspecified atom stereocenters. The van der Waals surface area contributed by atoms with Crippen LogP contribution in [0, 0.1) is 0 Å². The Hall–Kier alpha value is -2.28. The molecule has 0 spiro atoms. The molecule has 0 fully saturated rings. The number of nitrogens with zero attached hydrogens (tertiary/aromatic N) is 3. The maximum atomic E-state index is 12.7. The summed E-state index contributed by atoms with van der Waals surface area (Å²) in [5, 5.41) is -0.0949. The molecule has 0 amide bonds. The van der Waals surface area contributed by atoms with E-state index in [0.717, 1.165) is 17.8 Å². The smallest absolute Gasteiger partial charge is 0.295 e. The van der Waals surface area contributed by atoms with Gasteiger partial charge in [0, 0.05) is 24.8 Å². The van der Waals surface area contributed by atoms with E-state index in [1.165, 1.54) is 4.57 Å². The molecule has 2 aromatic heterocycles. The SMILES string of the molecule is CC(C)n1c(=O)n(C)c2cc(-c3ncc(C(F)(F)F)cc3Cl)ccc21. The first-order chi connectivity index (χ1) is 11.6. The van der Waals surface area contributed by atoms with Crippen molar-refractivity contribution >= 4 is 22.6 Å². The van der Waals surface area contributed by atoms with Crippen LogP contribution >= 0.6 is 11.6 Å². The molecule has 8 heteroatoms. The van der Waals surface area contributed by atoms with Gasteiger partial charge in [-0.1, -0.05) is 17.7 Å². The van der Waals surface area contributed by atoms with Crippen molar-refractivity contribution < 1.29 is 13.2 Å². The molecular formula is C17H15ClF3N3O. The molecule has 0 saturated carbocycles. The standard InChI is InChI=1S/C17H15ClF3N3O/c1-9(2)24-13-5-4-10(6-14(13)23(3)16(24)25)15-12(18)7-11(8-22-15)17(19,20)21/h4-9H,1-3H3. The average molecular weight is 370 g/mol. The van der Waals surface area contributed by atoms with Gasteiger partial charge in [0.1, 0.15) is 0 Å². The summed E-state index contributed by atoms with van der Waals surface area (Å²) in [6, 6.07) is 5.99. The minimum absolute atomic E-state index is 0.0187. The number of rotatable bonds is 2. The molecule has 0 radical (unpaired) electrons. The van der Waals surface area contributed by atoms with Crippen LogP contribution in [0.5, 0.6) is 0 Å². The first-order valence-corrected chi connectivity index (χ1v) is 7.93. The van der Waals surface area contributed by atoms with Crippen LogP contribution < -0.4 is 5.69 Å². The summed E-state index contributed by atoms with van der Waals surface area (Å²) in [5.41, 5.74) is 1.13. The first-order valence-electron chi connectivity index (χ1n) is 7.55. The molecule has 3 rings (SSSR count). The van der Waals surface area contributed by atoms with Gasteiger partial charge in [-0.2, -0.15) is 13.2 Å². The topological polar surface area (TPSA) is 39.8 Å². The zero-order chi connectivity index (χ0) is 18.5. The van der Waals surface area contributed by atoms with Gasteiger partial charge in [0.15, 0.2) is 0 Å². The third kappa shape index (κ3) is 2.93. The molecule has 0 aliphatic heterocycles. The van der Waals surface area contributed by atoms with Gasteiger partial charge in [0.2, 0.25) is 0 Å². The van der Waals surface area contributed by atoms with Crippen molar-refractivity contribution in [2.75, 3.05) is 0 Å². The normalized spacial score (nSPS) is 12.3. The molecule has 132 valence electrons. The molecule has 1 aromatic carbocycles. The Bertz CT molecular complexity index is 1020. The maximum Gasteiger partial charge on any atom is 0.417 e. The van der Waals surface area contributed by atoms with E-state index in [4.69, 9.17) is 11.6 Å². The van der Waals surface area contributed by atoms with Gasteiger partial charge in [0.25, 0.3) is 0 Å². The second kappa shape index (κ2) is 5.91. The Morgan fingerprint density at radius 3 is 2.40 bits per heavy atom. The van der Waals surface area contributed by atoms with E-state index in [2.05, 4.69) is 4.98 Å². The van der Waals surface area contributed by atoms with Crippen LogP contribution in [0.25, 0.3) is 22.3 Å². The van der Waals surface area contributed by atoms with Crippen LogP contribution in [0.15, 0.2) is 35.3 Å². The zero-order valence-corrected chi connectivity index (χ0v) is 14.5. The van der Waals surface area contributed by atoms with E-state index in [-0.39, 0.29) is 22.4 Å². The number of hydrogen-bond acceptors (Lipinski definition) is 2. The summed E-state index contributed by atoms with van der Waals surface area (Å²) in [7, 11) is 1.65.